The number of aliphatic hydroxyl groups is 2. The third-order valence-electron chi connectivity index (χ3n) is 10.7. The minimum Gasteiger partial charge on any atom is -0.390 e. The number of amides is 3. The van der Waals surface area contributed by atoms with Gasteiger partial charge < -0.3 is 31.1 Å². The number of nitrogens with two attached hydrogens (primary N) is 1. The number of hydrogen-bond donors (Lipinski definition) is 4. The van der Waals surface area contributed by atoms with E-state index in [0.717, 1.165) is 56.9 Å². The molecule has 11 nitrogen and oxygen atoms in total. The van der Waals surface area contributed by atoms with Crippen molar-refractivity contribution in [2.45, 2.75) is 128 Å². The molecule has 3 amide bonds. The molecule has 0 aliphatic heterocycles. The fourth-order valence-electron chi connectivity index (χ4n) is 7.71. The smallest absolute Gasteiger partial charge is 0.241 e. The Morgan fingerprint density at radius 3 is 2.31 bits per heavy atom. The molecule has 2 aliphatic carbocycles. The van der Waals surface area contributed by atoms with Crippen LogP contribution in [0.5, 0.6) is 0 Å². The van der Waals surface area contributed by atoms with E-state index < -0.39 is 24.2 Å². The Balaban J connectivity index is 1.52. The van der Waals surface area contributed by atoms with E-state index in [4.69, 9.17) is 5.73 Å². The summed E-state index contributed by atoms with van der Waals surface area (Å²) in [7, 11) is 1.76. The molecule has 0 saturated heterocycles. The van der Waals surface area contributed by atoms with Gasteiger partial charge >= 0.3 is 0 Å². The second kappa shape index (κ2) is 20.8. The van der Waals surface area contributed by atoms with Crippen molar-refractivity contribution < 1.29 is 24.6 Å². The molecule has 4 rings (SSSR count). The lowest BCUT2D eigenvalue weighted by Gasteiger charge is -2.34. The lowest BCUT2D eigenvalue weighted by Crippen LogP contribution is -2.52. The van der Waals surface area contributed by atoms with Crippen LogP contribution in [0.4, 0.5) is 5.13 Å². The predicted molar refractivity (Wildman–Crippen MR) is 202 cm³/mol. The summed E-state index contributed by atoms with van der Waals surface area (Å²) in [6.07, 6.45) is 14.0. The summed E-state index contributed by atoms with van der Waals surface area (Å²) < 4.78 is 0. The van der Waals surface area contributed by atoms with Crippen molar-refractivity contribution in [2.24, 2.45) is 23.7 Å². The zero-order chi connectivity index (χ0) is 36.8. The zero-order valence-electron chi connectivity index (χ0n) is 31.0. The number of hydrogen-bond acceptors (Lipinski definition) is 9. The topological polar surface area (TPSA) is 162 Å². The van der Waals surface area contributed by atoms with Crippen LogP contribution in [-0.2, 0) is 27.2 Å². The first kappa shape index (κ1) is 40.7. The van der Waals surface area contributed by atoms with Gasteiger partial charge in [0.25, 0.3) is 0 Å². The maximum atomic E-state index is 14.3. The number of likely N-dealkylation sites (N-methyl/N-ethyl adjacent to an activating group) is 1. The number of aliphatic hydroxyl groups excluding tert-OH is 2. The summed E-state index contributed by atoms with van der Waals surface area (Å²) in [4.78, 5) is 53.9. The Labute approximate surface area is 308 Å². The van der Waals surface area contributed by atoms with E-state index >= 15 is 0 Å². The number of nitrogens with one attached hydrogen (secondary N) is 1. The molecule has 12 heteroatoms. The number of nitrogen functional groups attached to an aromatic ring is 1. The summed E-state index contributed by atoms with van der Waals surface area (Å²) in [6, 6.07) is 3.21. The zero-order valence-corrected chi connectivity index (χ0v) is 31.9. The predicted octanol–water partition coefficient (Wildman–Crippen LogP) is 5.00. The van der Waals surface area contributed by atoms with Gasteiger partial charge in [-0.05, 0) is 61.5 Å². The fraction of sp³-hybridized carbons (Fsp3) is 0.718. The SMILES string of the molecule is CC(C)C[C@H](O)[C@H](O)[C@H](CC1CCCCC1)NC(=O)[C@@H](CC(=O)N(CC(=O)N(C)CCc1cccnc1)CC1CCCCC1)Cc1csc(N)n1. The summed E-state index contributed by atoms with van der Waals surface area (Å²) >= 11 is 1.29. The van der Waals surface area contributed by atoms with Crippen LogP contribution in [0.1, 0.15) is 109 Å². The van der Waals surface area contributed by atoms with Crippen LogP contribution in [0, 0.1) is 23.7 Å². The molecule has 0 unspecified atom stereocenters. The van der Waals surface area contributed by atoms with Crippen LogP contribution < -0.4 is 11.1 Å². The molecule has 284 valence electrons. The Morgan fingerprint density at radius 2 is 1.71 bits per heavy atom. The maximum Gasteiger partial charge on any atom is 0.241 e. The first-order valence-electron chi connectivity index (χ1n) is 19.3. The number of thiazole rings is 1. The molecule has 2 aromatic heterocycles. The largest absolute Gasteiger partial charge is 0.390 e. The van der Waals surface area contributed by atoms with Crippen molar-refractivity contribution in [3.63, 3.8) is 0 Å². The summed E-state index contributed by atoms with van der Waals surface area (Å²) in [5, 5.41) is 27.6. The lowest BCUT2D eigenvalue weighted by atomic mass is 9.82. The third kappa shape index (κ3) is 13.8. The van der Waals surface area contributed by atoms with Gasteiger partial charge in [0.15, 0.2) is 5.13 Å². The molecule has 0 bridgehead atoms. The molecule has 0 aromatic carbocycles. The van der Waals surface area contributed by atoms with Gasteiger partial charge in [-0.1, -0.05) is 71.3 Å². The minimum absolute atomic E-state index is 0.0543. The number of anilines is 1. The average Bonchev–Trinajstić information content (AvgIpc) is 3.54. The molecular weight excluding hydrogens is 665 g/mol. The van der Waals surface area contributed by atoms with Gasteiger partial charge in [-0.25, -0.2) is 4.98 Å². The van der Waals surface area contributed by atoms with Crippen LogP contribution in [0.15, 0.2) is 29.9 Å². The van der Waals surface area contributed by atoms with Crippen LogP contribution in [0.2, 0.25) is 0 Å². The number of aromatic nitrogens is 2. The van der Waals surface area contributed by atoms with Gasteiger partial charge in [-0.2, -0.15) is 0 Å². The van der Waals surface area contributed by atoms with Crippen LogP contribution >= 0.6 is 11.3 Å². The first-order valence-corrected chi connectivity index (χ1v) is 20.1. The summed E-state index contributed by atoms with van der Waals surface area (Å²) in [5.41, 5.74) is 7.61. The molecule has 2 heterocycles. The number of nitrogens with zero attached hydrogens (tertiary/aromatic N) is 4. The van der Waals surface area contributed by atoms with Gasteiger partial charge in [0, 0.05) is 50.8 Å². The van der Waals surface area contributed by atoms with Crippen molar-refractivity contribution in [1.82, 2.24) is 25.1 Å². The Morgan fingerprint density at radius 1 is 1.02 bits per heavy atom. The number of carbonyl (C=O) groups excluding carboxylic acids is 3. The van der Waals surface area contributed by atoms with Crippen LogP contribution in [-0.4, -0.2) is 92.6 Å². The van der Waals surface area contributed by atoms with E-state index in [9.17, 15) is 24.6 Å². The molecule has 0 radical (unpaired) electrons. The average molecular weight is 727 g/mol. The van der Waals surface area contributed by atoms with E-state index in [0.29, 0.717) is 55.0 Å². The van der Waals surface area contributed by atoms with Crippen molar-refractivity contribution >= 4 is 34.2 Å². The van der Waals surface area contributed by atoms with Crippen molar-refractivity contribution in [2.75, 3.05) is 32.4 Å². The van der Waals surface area contributed by atoms with E-state index in [-0.39, 0.29) is 43.0 Å². The first-order chi connectivity index (χ1) is 24.5. The molecule has 2 aliphatic rings. The summed E-state index contributed by atoms with van der Waals surface area (Å²) in [5.74, 6) is -0.727. The minimum atomic E-state index is -1.13. The highest BCUT2D eigenvalue weighted by Crippen LogP contribution is 2.30. The molecule has 0 spiro atoms. The molecule has 2 fully saturated rings. The van der Waals surface area contributed by atoms with Crippen molar-refractivity contribution in [1.29, 1.82) is 0 Å². The van der Waals surface area contributed by atoms with Crippen LogP contribution in [0.25, 0.3) is 0 Å². The van der Waals surface area contributed by atoms with E-state index in [1.165, 1.54) is 24.2 Å². The molecular formula is C39H62N6O5S. The number of carbonyl (C=O) groups is 3. The van der Waals surface area contributed by atoms with Crippen molar-refractivity contribution in [3.05, 3.63) is 41.2 Å². The molecule has 2 aromatic rings. The monoisotopic (exact) mass is 726 g/mol. The van der Waals surface area contributed by atoms with Gasteiger partial charge in [0.05, 0.1) is 30.3 Å². The third-order valence-corrected chi connectivity index (χ3v) is 11.5. The normalized spacial score (nSPS) is 18.2. The highest BCUT2D eigenvalue weighted by atomic mass is 32.1. The van der Waals surface area contributed by atoms with E-state index in [1.807, 2.05) is 26.0 Å². The maximum absolute atomic E-state index is 14.3. The van der Waals surface area contributed by atoms with Gasteiger partial charge in [0.1, 0.15) is 6.10 Å². The highest BCUT2D eigenvalue weighted by Gasteiger charge is 2.35. The molecule has 5 N–H and O–H groups in total. The van der Waals surface area contributed by atoms with E-state index in [1.54, 1.807) is 34.6 Å². The fourth-order valence-corrected chi connectivity index (χ4v) is 8.29. The van der Waals surface area contributed by atoms with Crippen LogP contribution in [0.3, 0.4) is 0 Å². The second-order valence-corrected chi connectivity index (χ2v) is 16.4. The molecule has 2 saturated carbocycles. The van der Waals surface area contributed by atoms with Gasteiger partial charge in [-0.3, -0.25) is 19.4 Å². The second-order valence-electron chi connectivity index (χ2n) is 15.5. The number of pyridine rings is 1. The summed E-state index contributed by atoms with van der Waals surface area (Å²) in [6.45, 7) is 4.91. The van der Waals surface area contributed by atoms with Crippen molar-refractivity contribution in [3.8, 4) is 0 Å². The standard InChI is InChI=1S/C39H62N6O5S/c1-27(2)19-34(46)37(49)33(20-28-11-6-4-7-12-28)43-38(50)31(21-32-26-51-39(40)42-32)22-35(47)45(24-30-13-8-5-9-14-30)25-36(48)44(3)18-16-29-15-10-17-41-23-29/h10,15,17,23,26-28,30-31,33-34,37,46,49H,4-9,11-14,16,18-22,24-25H2,1-3H3,(H2,40,42)(H,43,50)/t31-,33+,34+,37-/m1/s1. The lowest BCUT2D eigenvalue weighted by molar-refractivity contribution is -0.142. The van der Waals surface area contributed by atoms with Gasteiger partial charge in [0.2, 0.25) is 17.7 Å². The number of rotatable bonds is 19. The highest BCUT2D eigenvalue weighted by molar-refractivity contribution is 7.13. The Kier molecular flexibility index (Phi) is 16.6. The molecule has 51 heavy (non-hydrogen) atoms. The van der Waals surface area contributed by atoms with E-state index in [2.05, 4.69) is 15.3 Å². The molecule has 4 atom stereocenters. The van der Waals surface area contributed by atoms with Gasteiger partial charge in [-0.15, -0.1) is 11.3 Å². The Bertz CT molecular complexity index is 1350. The quantitative estimate of drug-likeness (QED) is 0.157. The Hall–Kier alpha value is -3.09.